The molecular weight excluding hydrogens is 200 g/mol. The average molecular weight is 215 g/mol. The molecule has 1 aromatic rings. The van der Waals surface area contributed by atoms with Crippen molar-refractivity contribution in [1.29, 1.82) is 0 Å². The summed E-state index contributed by atoms with van der Waals surface area (Å²) < 4.78 is 5.20. The molecule has 0 bridgehead atoms. The first-order chi connectivity index (χ1) is 6.09. The molecule has 0 aliphatic carbocycles. The number of halogens is 1. The number of alkyl halides is 1. The maximum absolute atomic E-state index is 6.13. The number of hydrogen-bond donors (Lipinski definition) is 0. The fourth-order valence-corrected chi connectivity index (χ4v) is 3.57. The van der Waals surface area contributed by atoms with Gasteiger partial charge in [0.2, 0.25) is 0 Å². The molecule has 1 unspecified atom stereocenters. The molecule has 0 saturated carbocycles. The molecule has 0 aliphatic heterocycles. The number of hydrogen-bond acceptors (Lipinski definition) is 1. The molecule has 0 amide bonds. The lowest BCUT2D eigenvalue weighted by Crippen LogP contribution is -2.50. The Labute approximate surface area is 85.7 Å². The first kappa shape index (κ1) is 10.8. The molecule has 13 heavy (non-hydrogen) atoms. The van der Waals surface area contributed by atoms with Crippen molar-refractivity contribution < 1.29 is 4.74 Å². The molecule has 0 N–H and O–H groups in total. The van der Waals surface area contributed by atoms with E-state index in [4.69, 9.17) is 16.3 Å². The lowest BCUT2D eigenvalue weighted by atomic mass is 10.4. The molecule has 3 heteroatoms. The van der Waals surface area contributed by atoms with Crippen molar-refractivity contribution in [1.82, 2.24) is 0 Å². The van der Waals surface area contributed by atoms with E-state index in [1.807, 2.05) is 18.2 Å². The average Bonchev–Trinajstić information content (AvgIpc) is 2.18. The minimum Gasteiger partial charge on any atom is -0.369 e. The highest BCUT2D eigenvalue weighted by atomic mass is 35.5. The lowest BCUT2D eigenvalue weighted by molar-refractivity contribution is 0.217. The molecule has 1 rings (SSSR count). The molecule has 0 aliphatic rings. The zero-order valence-corrected chi connectivity index (χ0v) is 10.0. The van der Waals surface area contributed by atoms with E-state index in [0.29, 0.717) is 0 Å². The van der Waals surface area contributed by atoms with E-state index in [2.05, 4.69) is 25.2 Å². The molecular formula is C10H15ClOSi. The van der Waals surface area contributed by atoms with Gasteiger partial charge in [0.1, 0.15) is 13.3 Å². The number of methoxy groups -OCH3 is 1. The smallest absolute Gasteiger partial charge is 0.132 e. The van der Waals surface area contributed by atoms with Gasteiger partial charge in [-0.1, -0.05) is 60.2 Å². The van der Waals surface area contributed by atoms with Gasteiger partial charge in [-0.05, 0) is 0 Å². The Kier molecular flexibility index (Phi) is 3.53. The third-order valence-corrected chi connectivity index (χ3v) is 7.30. The highest BCUT2D eigenvalue weighted by Crippen LogP contribution is 2.15. The van der Waals surface area contributed by atoms with Crippen LogP contribution in [0.15, 0.2) is 30.3 Å². The molecule has 0 aromatic heterocycles. The van der Waals surface area contributed by atoms with Crippen molar-refractivity contribution in [2.75, 3.05) is 7.11 Å². The number of rotatable bonds is 3. The monoisotopic (exact) mass is 214 g/mol. The van der Waals surface area contributed by atoms with E-state index in [1.54, 1.807) is 7.11 Å². The van der Waals surface area contributed by atoms with Crippen molar-refractivity contribution in [3.8, 4) is 0 Å². The molecule has 0 spiro atoms. The highest BCUT2D eigenvalue weighted by Gasteiger charge is 2.32. The maximum atomic E-state index is 6.13. The van der Waals surface area contributed by atoms with Gasteiger partial charge in [0.15, 0.2) is 0 Å². The van der Waals surface area contributed by atoms with Gasteiger partial charge in [0.25, 0.3) is 0 Å². The normalized spacial score (nSPS) is 14.2. The predicted octanol–water partition coefficient (Wildman–Crippen LogP) is 2.35. The summed E-state index contributed by atoms with van der Waals surface area (Å²) in [6.45, 7) is 4.42. The topological polar surface area (TPSA) is 9.23 Å². The van der Waals surface area contributed by atoms with Gasteiger partial charge in [0, 0.05) is 7.11 Å². The van der Waals surface area contributed by atoms with Crippen LogP contribution >= 0.6 is 11.6 Å². The van der Waals surface area contributed by atoms with Crippen LogP contribution in [0.3, 0.4) is 0 Å². The van der Waals surface area contributed by atoms with Crippen LogP contribution < -0.4 is 5.19 Å². The Morgan fingerprint density at radius 3 is 2.23 bits per heavy atom. The molecule has 0 fully saturated rings. The molecule has 0 heterocycles. The molecule has 0 saturated heterocycles. The van der Waals surface area contributed by atoms with Crippen molar-refractivity contribution in [3.63, 3.8) is 0 Å². The largest absolute Gasteiger partial charge is 0.369 e. The minimum atomic E-state index is -1.64. The summed E-state index contributed by atoms with van der Waals surface area (Å²) in [4.78, 5) is 0. The Bertz CT molecular complexity index is 261. The minimum absolute atomic E-state index is 0.158. The van der Waals surface area contributed by atoms with Gasteiger partial charge in [0.05, 0.1) is 0 Å². The summed E-state index contributed by atoms with van der Waals surface area (Å²) in [6.07, 6.45) is 0. The third-order valence-electron chi connectivity index (χ3n) is 2.29. The fraction of sp³-hybridized carbons (Fsp3) is 0.400. The second-order valence-electron chi connectivity index (χ2n) is 3.64. The zero-order valence-electron chi connectivity index (χ0n) is 8.25. The molecule has 72 valence electrons. The van der Waals surface area contributed by atoms with Crippen LogP contribution in [0.25, 0.3) is 0 Å². The van der Waals surface area contributed by atoms with Crippen molar-refractivity contribution >= 4 is 24.9 Å². The van der Waals surface area contributed by atoms with Crippen LogP contribution in [0.5, 0.6) is 0 Å². The van der Waals surface area contributed by atoms with Crippen LogP contribution in [0.1, 0.15) is 0 Å². The van der Waals surface area contributed by atoms with Crippen molar-refractivity contribution in [3.05, 3.63) is 30.3 Å². The number of ether oxygens (including phenoxy) is 1. The maximum Gasteiger partial charge on any atom is 0.132 e. The molecule has 1 atom stereocenters. The number of benzene rings is 1. The Balaban J connectivity index is 2.93. The van der Waals surface area contributed by atoms with E-state index in [1.165, 1.54) is 5.19 Å². The van der Waals surface area contributed by atoms with E-state index >= 15 is 0 Å². The first-order valence-electron chi connectivity index (χ1n) is 4.31. The highest BCUT2D eigenvalue weighted by molar-refractivity contribution is 6.95. The van der Waals surface area contributed by atoms with E-state index in [0.717, 1.165) is 0 Å². The standard InChI is InChI=1S/C10H15ClOSi/c1-12-10(11)13(2,3)9-7-5-4-6-8-9/h4-8,10H,1-3H3. The van der Waals surface area contributed by atoms with Gasteiger partial charge in [-0.2, -0.15) is 0 Å². The quantitative estimate of drug-likeness (QED) is 0.555. The van der Waals surface area contributed by atoms with E-state index in [9.17, 15) is 0 Å². The molecule has 1 nitrogen and oxygen atoms in total. The summed E-state index contributed by atoms with van der Waals surface area (Å²) in [5, 5.41) is 1.17. The van der Waals surface area contributed by atoms with Crippen LogP contribution in [-0.4, -0.2) is 20.4 Å². The summed E-state index contributed by atoms with van der Waals surface area (Å²) in [5.74, 6) is 0. The van der Waals surface area contributed by atoms with E-state index < -0.39 is 8.07 Å². The summed E-state index contributed by atoms with van der Waals surface area (Å²) in [6, 6.07) is 10.4. The Hall–Kier alpha value is -0.313. The SMILES string of the molecule is COC(Cl)[Si](C)(C)c1ccccc1. The summed E-state index contributed by atoms with van der Waals surface area (Å²) in [5.41, 5.74) is 0. The Morgan fingerprint density at radius 1 is 1.23 bits per heavy atom. The van der Waals surface area contributed by atoms with Gasteiger partial charge in [-0.15, -0.1) is 0 Å². The van der Waals surface area contributed by atoms with Gasteiger partial charge in [-0.3, -0.25) is 0 Å². The molecule has 0 radical (unpaired) electrons. The first-order valence-corrected chi connectivity index (χ1v) is 7.83. The van der Waals surface area contributed by atoms with Gasteiger partial charge < -0.3 is 4.74 Å². The van der Waals surface area contributed by atoms with Crippen LogP contribution in [-0.2, 0) is 4.74 Å². The van der Waals surface area contributed by atoms with Gasteiger partial charge in [-0.25, -0.2) is 0 Å². The van der Waals surface area contributed by atoms with Gasteiger partial charge >= 0.3 is 0 Å². The second kappa shape index (κ2) is 4.27. The molecule has 1 aromatic carbocycles. The van der Waals surface area contributed by atoms with Crippen molar-refractivity contribution in [2.24, 2.45) is 0 Å². The second-order valence-corrected chi connectivity index (χ2v) is 8.95. The summed E-state index contributed by atoms with van der Waals surface area (Å²) >= 11 is 6.13. The van der Waals surface area contributed by atoms with Crippen molar-refractivity contribution in [2.45, 2.75) is 18.3 Å². The van der Waals surface area contributed by atoms with E-state index in [-0.39, 0.29) is 5.19 Å². The summed E-state index contributed by atoms with van der Waals surface area (Å²) in [7, 11) is 0.0225. The Morgan fingerprint density at radius 2 is 1.77 bits per heavy atom. The third kappa shape index (κ3) is 2.33. The lowest BCUT2D eigenvalue weighted by Gasteiger charge is -2.26. The zero-order chi connectivity index (χ0) is 9.90. The van der Waals surface area contributed by atoms with Crippen LogP contribution in [0, 0.1) is 0 Å². The predicted molar refractivity (Wildman–Crippen MR) is 60.2 cm³/mol. The fourth-order valence-electron chi connectivity index (χ4n) is 1.29. The van der Waals surface area contributed by atoms with Crippen LogP contribution in [0.2, 0.25) is 13.1 Å². The van der Waals surface area contributed by atoms with Crippen LogP contribution in [0.4, 0.5) is 0 Å².